The SMILES string of the molecule is CCCC(C)N(C)Cc1c(O)cccc1Cl. The number of rotatable bonds is 5. The first-order valence-corrected chi connectivity index (χ1v) is 6.10. The Morgan fingerprint density at radius 2 is 2.12 bits per heavy atom. The molecule has 90 valence electrons. The molecule has 0 aliphatic heterocycles. The Kier molecular flexibility index (Phi) is 5.10. The minimum Gasteiger partial charge on any atom is -0.508 e. The monoisotopic (exact) mass is 241 g/mol. The van der Waals surface area contributed by atoms with E-state index < -0.39 is 0 Å². The van der Waals surface area contributed by atoms with E-state index in [1.165, 1.54) is 6.42 Å². The molecule has 0 aromatic heterocycles. The minimum atomic E-state index is 0.281. The number of benzene rings is 1. The Hall–Kier alpha value is -0.730. The molecule has 3 heteroatoms. The van der Waals surface area contributed by atoms with E-state index in [0.29, 0.717) is 17.6 Å². The highest BCUT2D eigenvalue weighted by atomic mass is 35.5. The zero-order valence-corrected chi connectivity index (χ0v) is 11.0. The summed E-state index contributed by atoms with van der Waals surface area (Å²) in [4.78, 5) is 2.21. The van der Waals surface area contributed by atoms with E-state index in [0.717, 1.165) is 12.0 Å². The molecule has 1 rings (SSSR count). The lowest BCUT2D eigenvalue weighted by Gasteiger charge is -2.25. The van der Waals surface area contributed by atoms with Crippen LogP contribution in [0.3, 0.4) is 0 Å². The third-order valence-electron chi connectivity index (χ3n) is 2.96. The number of phenols is 1. The number of aromatic hydroxyl groups is 1. The first kappa shape index (κ1) is 13.3. The molecule has 0 fully saturated rings. The highest BCUT2D eigenvalue weighted by molar-refractivity contribution is 6.31. The maximum absolute atomic E-state index is 9.74. The number of hydrogen-bond donors (Lipinski definition) is 1. The van der Waals surface area contributed by atoms with Gasteiger partial charge in [-0.15, -0.1) is 0 Å². The summed E-state index contributed by atoms with van der Waals surface area (Å²) >= 11 is 6.07. The molecular weight excluding hydrogens is 222 g/mol. The summed E-state index contributed by atoms with van der Waals surface area (Å²) in [5.74, 6) is 0.281. The van der Waals surface area contributed by atoms with Gasteiger partial charge in [0.05, 0.1) is 0 Å². The zero-order valence-electron chi connectivity index (χ0n) is 10.2. The first-order chi connectivity index (χ1) is 7.56. The number of nitrogens with zero attached hydrogens (tertiary/aromatic N) is 1. The summed E-state index contributed by atoms with van der Waals surface area (Å²) < 4.78 is 0. The maximum atomic E-state index is 9.74. The zero-order chi connectivity index (χ0) is 12.1. The second kappa shape index (κ2) is 6.12. The van der Waals surface area contributed by atoms with Crippen LogP contribution in [0.1, 0.15) is 32.3 Å². The third kappa shape index (κ3) is 3.39. The van der Waals surface area contributed by atoms with Gasteiger partial charge in [0.2, 0.25) is 0 Å². The number of hydrogen-bond acceptors (Lipinski definition) is 2. The van der Waals surface area contributed by atoms with Crippen molar-refractivity contribution in [2.45, 2.75) is 39.3 Å². The van der Waals surface area contributed by atoms with Crippen LogP contribution in [0.2, 0.25) is 5.02 Å². The van der Waals surface area contributed by atoms with Crippen LogP contribution in [0, 0.1) is 0 Å². The van der Waals surface area contributed by atoms with Gasteiger partial charge in [-0.05, 0) is 32.5 Å². The summed E-state index contributed by atoms with van der Waals surface area (Å²) in [5.41, 5.74) is 0.814. The van der Waals surface area contributed by atoms with Crippen molar-refractivity contribution in [3.05, 3.63) is 28.8 Å². The molecule has 0 heterocycles. The van der Waals surface area contributed by atoms with E-state index in [2.05, 4.69) is 25.8 Å². The normalized spacial score (nSPS) is 13.1. The molecule has 0 saturated heterocycles. The van der Waals surface area contributed by atoms with Gasteiger partial charge in [-0.1, -0.05) is 31.0 Å². The molecule has 0 spiro atoms. The van der Waals surface area contributed by atoms with Gasteiger partial charge in [-0.3, -0.25) is 4.90 Å². The molecule has 16 heavy (non-hydrogen) atoms. The van der Waals surface area contributed by atoms with Crippen LogP contribution < -0.4 is 0 Å². The van der Waals surface area contributed by atoms with Crippen molar-refractivity contribution < 1.29 is 5.11 Å². The summed E-state index contributed by atoms with van der Waals surface area (Å²) in [6.07, 6.45) is 2.32. The molecule has 1 aromatic carbocycles. The van der Waals surface area contributed by atoms with Gasteiger partial charge < -0.3 is 5.11 Å². The second-order valence-corrected chi connectivity index (χ2v) is 4.70. The van der Waals surface area contributed by atoms with Crippen molar-refractivity contribution >= 4 is 11.6 Å². The largest absolute Gasteiger partial charge is 0.508 e. The Balaban J connectivity index is 2.72. The summed E-state index contributed by atoms with van der Waals surface area (Å²) in [7, 11) is 2.06. The molecule has 0 aliphatic carbocycles. The van der Waals surface area contributed by atoms with Crippen LogP contribution in [-0.4, -0.2) is 23.1 Å². The van der Waals surface area contributed by atoms with Crippen LogP contribution in [0.5, 0.6) is 5.75 Å². The molecule has 1 aromatic rings. The highest BCUT2D eigenvalue weighted by Gasteiger charge is 2.13. The van der Waals surface area contributed by atoms with Gasteiger partial charge in [0.25, 0.3) is 0 Å². The van der Waals surface area contributed by atoms with Gasteiger partial charge in [-0.25, -0.2) is 0 Å². The summed E-state index contributed by atoms with van der Waals surface area (Å²) in [5, 5.41) is 10.4. The maximum Gasteiger partial charge on any atom is 0.121 e. The lowest BCUT2D eigenvalue weighted by Crippen LogP contribution is -2.28. The van der Waals surface area contributed by atoms with E-state index in [4.69, 9.17) is 11.6 Å². The predicted octanol–water partition coefficient (Wildman–Crippen LogP) is 3.67. The average Bonchev–Trinajstić information content (AvgIpc) is 2.23. The van der Waals surface area contributed by atoms with Crippen molar-refractivity contribution in [1.82, 2.24) is 4.90 Å². The Bertz CT molecular complexity index is 320. The van der Waals surface area contributed by atoms with E-state index >= 15 is 0 Å². The highest BCUT2D eigenvalue weighted by Crippen LogP contribution is 2.27. The van der Waals surface area contributed by atoms with Crippen molar-refractivity contribution in [3.63, 3.8) is 0 Å². The van der Waals surface area contributed by atoms with Gasteiger partial charge in [0.15, 0.2) is 0 Å². The van der Waals surface area contributed by atoms with E-state index in [-0.39, 0.29) is 5.75 Å². The standard InChI is InChI=1S/C13H20ClNO/c1-4-6-10(2)15(3)9-11-12(14)7-5-8-13(11)16/h5,7-8,10,16H,4,6,9H2,1-3H3. The topological polar surface area (TPSA) is 23.5 Å². The van der Waals surface area contributed by atoms with Crippen molar-refractivity contribution in [2.24, 2.45) is 0 Å². The fourth-order valence-electron chi connectivity index (χ4n) is 1.75. The van der Waals surface area contributed by atoms with Crippen LogP contribution in [0.15, 0.2) is 18.2 Å². The van der Waals surface area contributed by atoms with Crippen molar-refractivity contribution in [2.75, 3.05) is 7.05 Å². The van der Waals surface area contributed by atoms with Crippen molar-refractivity contribution in [1.29, 1.82) is 0 Å². The third-order valence-corrected chi connectivity index (χ3v) is 3.31. The van der Waals surface area contributed by atoms with Crippen LogP contribution in [-0.2, 0) is 6.54 Å². The molecule has 0 radical (unpaired) electrons. The van der Waals surface area contributed by atoms with Gasteiger partial charge in [-0.2, -0.15) is 0 Å². The molecule has 1 atom stereocenters. The molecule has 2 nitrogen and oxygen atoms in total. The van der Waals surface area contributed by atoms with Crippen molar-refractivity contribution in [3.8, 4) is 5.75 Å². The first-order valence-electron chi connectivity index (χ1n) is 5.72. The van der Waals surface area contributed by atoms with Gasteiger partial charge >= 0.3 is 0 Å². The Morgan fingerprint density at radius 1 is 1.44 bits per heavy atom. The Labute approximate surface area is 103 Å². The minimum absolute atomic E-state index is 0.281. The van der Waals surface area contributed by atoms with Gasteiger partial charge in [0, 0.05) is 23.2 Å². The predicted molar refractivity (Wildman–Crippen MR) is 69.0 cm³/mol. The molecule has 0 saturated carbocycles. The second-order valence-electron chi connectivity index (χ2n) is 4.29. The average molecular weight is 242 g/mol. The van der Waals surface area contributed by atoms with Crippen LogP contribution >= 0.6 is 11.6 Å². The lowest BCUT2D eigenvalue weighted by atomic mass is 10.1. The van der Waals surface area contributed by atoms with E-state index in [1.807, 2.05) is 6.07 Å². The number of halogens is 1. The lowest BCUT2D eigenvalue weighted by molar-refractivity contribution is 0.234. The van der Waals surface area contributed by atoms with E-state index in [1.54, 1.807) is 12.1 Å². The Morgan fingerprint density at radius 3 is 2.69 bits per heavy atom. The van der Waals surface area contributed by atoms with Crippen LogP contribution in [0.25, 0.3) is 0 Å². The molecular formula is C13H20ClNO. The molecule has 1 N–H and O–H groups in total. The van der Waals surface area contributed by atoms with Gasteiger partial charge in [0.1, 0.15) is 5.75 Å². The summed E-state index contributed by atoms with van der Waals surface area (Å²) in [6, 6.07) is 5.76. The molecule has 1 unspecified atom stereocenters. The van der Waals surface area contributed by atoms with Crippen LogP contribution in [0.4, 0.5) is 0 Å². The smallest absolute Gasteiger partial charge is 0.121 e. The molecule has 0 bridgehead atoms. The fraction of sp³-hybridized carbons (Fsp3) is 0.538. The number of phenolic OH excluding ortho intramolecular Hbond substituents is 1. The molecule has 0 amide bonds. The fourth-order valence-corrected chi connectivity index (χ4v) is 1.98. The quantitative estimate of drug-likeness (QED) is 0.851. The summed E-state index contributed by atoms with van der Waals surface area (Å²) in [6.45, 7) is 5.06. The molecule has 0 aliphatic rings. The van der Waals surface area contributed by atoms with E-state index in [9.17, 15) is 5.11 Å².